The lowest BCUT2D eigenvalue weighted by atomic mass is 9.99. The highest BCUT2D eigenvalue weighted by molar-refractivity contribution is 5.89. The summed E-state index contributed by atoms with van der Waals surface area (Å²) in [6.07, 6.45) is 0.531. The highest BCUT2D eigenvalue weighted by atomic mass is 16.6. The van der Waals surface area contributed by atoms with E-state index in [1.165, 1.54) is 0 Å². The maximum absolute atomic E-state index is 13.4. The van der Waals surface area contributed by atoms with Crippen molar-refractivity contribution in [1.29, 1.82) is 0 Å². The summed E-state index contributed by atoms with van der Waals surface area (Å²) in [6.45, 7) is 17.5. The lowest BCUT2D eigenvalue weighted by Crippen LogP contribution is -2.42. The number of ether oxygens (including phenoxy) is 12. The van der Waals surface area contributed by atoms with Crippen molar-refractivity contribution in [2.24, 2.45) is 0 Å². The largest absolute Gasteiger partial charge is 0.482 e. The van der Waals surface area contributed by atoms with E-state index in [-0.39, 0.29) is 50.8 Å². The van der Waals surface area contributed by atoms with Crippen LogP contribution in [0.5, 0.6) is 5.75 Å². The van der Waals surface area contributed by atoms with E-state index in [1.54, 1.807) is 72.9 Å². The minimum absolute atomic E-state index is 0.0634. The van der Waals surface area contributed by atoms with E-state index < -0.39 is 29.3 Å². The van der Waals surface area contributed by atoms with E-state index >= 15 is 0 Å². The summed E-state index contributed by atoms with van der Waals surface area (Å²) in [5.74, 6) is -0.448. The highest BCUT2D eigenvalue weighted by Crippen LogP contribution is 2.16. The third-order valence-corrected chi connectivity index (χ3v) is 7.63. The van der Waals surface area contributed by atoms with Crippen LogP contribution in [0.4, 0.5) is 4.79 Å². The predicted octanol–water partition coefficient (Wildman–Crippen LogP) is 3.48. The van der Waals surface area contributed by atoms with Crippen LogP contribution in [-0.4, -0.2) is 174 Å². The number of nitrogens with one attached hydrogen (secondary N) is 2. The van der Waals surface area contributed by atoms with Gasteiger partial charge >= 0.3 is 12.1 Å². The van der Waals surface area contributed by atoms with Crippen molar-refractivity contribution >= 4 is 23.8 Å². The zero-order chi connectivity index (χ0) is 45.0. The summed E-state index contributed by atoms with van der Waals surface area (Å²) >= 11 is 0. The van der Waals surface area contributed by atoms with Gasteiger partial charge in [0.25, 0.3) is 0 Å². The molecule has 0 aliphatic carbocycles. The van der Waals surface area contributed by atoms with Crippen molar-refractivity contribution in [2.75, 3.05) is 133 Å². The SMILES string of the molecule is COCCOCCOCCOCCOCCCC(=O)C(Cc1ccc(OCC(=O)OC(C)(C)C)cc1)NC(=O)CCOCCOCCOCCOCCNC(=O)OC(C)(C)C. The van der Waals surface area contributed by atoms with Gasteiger partial charge in [0.2, 0.25) is 5.91 Å². The molecule has 0 spiro atoms. The Balaban J connectivity index is 2.37. The number of carbonyl (C=O) groups is 4. The van der Waals surface area contributed by atoms with Gasteiger partial charge in [0.1, 0.15) is 17.0 Å². The molecular formula is C43H74N2O16. The predicted molar refractivity (Wildman–Crippen MR) is 225 cm³/mol. The van der Waals surface area contributed by atoms with Gasteiger partial charge in [-0.25, -0.2) is 9.59 Å². The fourth-order valence-electron chi connectivity index (χ4n) is 4.88. The fraction of sp³-hybridized carbons (Fsp3) is 0.767. The van der Waals surface area contributed by atoms with Crippen LogP contribution < -0.4 is 15.4 Å². The van der Waals surface area contributed by atoms with Crippen molar-refractivity contribution < 1.29 is 76.0 Å². The van der Waals surface area contributed by atoms with Gasteiger partial charge in [-0.2, -0.15) is 0 Å². The number of carbonyl (C=O) groups excluding carboxylic acids is 4. The van der Waals surface area contributed by atoms with Gasteiger partial charge in [-0.1, -0.05) is 12.1 Å². The van der Waals surface area contributed by atoms with Crippen LogP contribution in [0.1, 0.15) is 66.4 Å². The Bertz CT molecular complexity index is 1290. The average Bonchev–Trinajstić information content (AvgIpc) is 3.18. The van der Waals surface area contributed by atoms with Gasteiger partial charge in [-0.3, -0.25) is 9.59 Å². The maximum Gasteiger partial charge on any atom is 0.407 e. The quantitative estimate of drug-likeness (QED) is 0.0722. The van der Waals surface area contributed by atoms with E-state index in [0.29, 0.717) is 118 Å². The van der Waals surface area contributed by atoms with Crippen LogP contribution in [0, 0.1) is 0 Å². The first kappa shape index (κ1) is 55.6. The molecule has 0 aliphatic heterocycles. The zero-order valence-corrected chi connectivity index (χ0v) is 37.7. The Labute approximate surface area is 362 Å². The summed E-state index contributed by atoms with van der Waals surface area (Å²) in [5.41, 5.74) is -0.363. The molecule has 0 aliphatic rings. The Morgan fingerprint density at radius 3 is 1.51 bits per heavy atom. The van der Waals surface area contributed by atoms with Crippen molar-refractivity contribution in [3.05, 3.63) is 29.8 Å². The number of hydrogen-bond donors (Lipinski definition) is 2. The molecule has 0 fully saturated rings. The molecule has 1 aromatic rings. The molecule has 0 saturated carbocycles. The third kappa shape index (κ3) is 35.8. The van der Waals surface area contributed by atoms with Crippen LogP contribution in [0.25, 0.3) is 0 Å². The number of methoxy groups -OCH3 is 1. The average molecular weight is 875 g/mol. The standard InChI is InChI=1S/C43H74N2O16/c1-42(2,3)60-40(48)34-59-36-12-10-35(11-13-36)33-37(38(46)9-8-16-51-21-24-55-29-32-58-28-27-54-20-19-50-7)45-39(47)14-17-52-22-25-56-30-31-57-26-23-53-18-15-44-41(49)61-43(4,5)6/h10-13,37H,8-9,14-34H2,1-7H3,(H,44,49)(H,45,47). The Morgan fingerprint density at radius 1 is 0.557 bits per heavy atom. The van der Waals surface area contributed by atoms with E-state index in [2.05, 4.69) is 10.6 Å². The lowest BCUT2D eigenvalue weighted by Gasteiger charge is -2.20. The maximum atomic E-state index is 13.4. The van der Waals surface area contributed by atoms with Gasteiger partial charge in [-0.05, 0) is 72.1 Å². The Morgan fingerprint density at radius 2 is 1.02 bits per heavy atom. The van der Waals surface area contributed by atoms with Crippen molar-refractivity contribution in [3.8, 4) is 5.75 Å². The van der Waals surface area contributed by atoms with Gasteiger partial charge in [0.15, 0.2) is 12.4 Å². The number of rotatable bonds is 38. The molecule has 2 amide bonds. The molecule has 1 aromatic carbocycles. The molecule has 0 saturated heterocycles. The van der Waals surface area contributed by atoms with Crippen molar-refractivity contribution in [1.82, 2.24) is 10.6 Å². The van der Waals surface area contributed by atoms with Crippen molar-refractivity contribution in [2.45, 2.75) is 84.5 Å². The van der Waals surface area contributed by atoms with Crippen LogP contribution >= 0.6 is 0 Å². The summed E-state index contributed by atoms with van der Waals surface area (Å²) in [6, 6.07) is 6.23. The van der Waals surface area contributed by atoms with Gasteiger partial charge in [-0.15, -0.1) is 0 Å². The van der Waals surface area contributed by atoms with E-state index in [9.17, 15) is 19.2 Å². The van der Waals surface area contributed by atoms with Crippen LogP contribution in [0.3, 0.4) is 0 Å². The first-order valence-corrected chi connectivity index (χ1v) is 21.0. The number of amides is 2. The minimum atomic E-state index is -0.766. The second kappa shape index (κ2) is 35.1. The molecule has 61 heavy (non-hydrogen) atoms. The molecule has 0 heterocycles. The molecule has 18 heteroatoms. The van der Waals surface area contributed by atoms with Gasteiger partial charge in [0, 0.05) is 33.1 Å². The molecular weight excluding hydrogens is 800 g/mol. The molecule has 18 nitrogen and oxygen atoms in total. The second-order valence-corrected chi connectivity index (χ2v) is 15.5. The van der Waals surface area contributed by atoms with Crippen molar-refractivity contribution in [3.63, 3.8) is 0 Å². The number of alkyl carbamates (subject to hydrolysis) is 1. The van der Waals surface area contributed by atoms with E-state index in [0.717, 1.165) is 5.56 Å². The first-order chi connectivity index (χ1) is 29.2. The monoisotopic (exact) mass is 875 g/mol. The summed E-state index contributed by atoms with van der Waals surface area (Å²) in [7, 11) is 1.62. The van der Waals surface area contributed by atoms with Gasteiger partial charge in [0.05, 0.1) is 112 Å². The first-order valence-electron chi connectivity index (χ1n) is 21.0. The molecule has 1 unspecified atom stereocenters. The second-order valence-electron chi connectivity index (χ2n) is 15.5. The number of esters is 1. The number of ketones is 1. The number of Topliss-reactive ketones (excluding diaryl/α,β-unsaturated/α-hetero) is 1. The number of benzene rings is 1. The summed E-state index contributed by atoms with van der Waals surface area (Å²) in [4.78, 5) is 49.9. The van der Waals surface area contributed by atoms with Crippen LogP contribution in [0.2, 0.25) is 0 Å². The lowest BCUT2D eigenvalue weighted by molar-refractivity contribution is -0.157. The molecule has 0 bridgehead atoms. The molecule has 1 atom stereocenters. The molecule has 352 valence electrons. The molecule has 0 aromatic heterocycles. The van der Waals surface area contributed by atoms with Gasteiger partial charge < -0.3 is 67.5 Å². The smallest absolute Gasteiger partial charge is 0.407 e. The van der Waals surface area contributed by atoms with E-state index in [1.807, 2.05) is 0 Å². The molecule has 2 N–H and O–H groups in total. The minimum Gasteiger partial charge on any atom is -0.482 e. The zero-order valence-electron chi connectivity index (χ0n) is 37.7. The number of hydrogen-bond acceptors (Lipinski definition) is 16. The topological polar surface area (TPSA) is 203 Å². The Kier molecular flexibility index (Phi) is 31.9. The van der Waals surface area contributed by atoms with Crippen LogP contribution in [0.15, 0.2) is 24.3 Å². The highest BCUT2D eigenvalue weighted by Gasteiger charge is 2.22. The van der Waals surface area contributed by atoms with Crippen LogP contribution in [-0.2, 0) is 72.9 Å². The normalized spacial score (nSPS) is 12.2. The molecule has 0 radical (unpaired) electrons. The fourth-order valence-corrected chi connectivity index (χ4v) is 4.88. The third-order valence-electron chi connectivity index (χ3n) is 7.63. The Hall–Kier alpha value is -3.46. The van der Waals surface area contributed by atoms with E-state index in [4.69, 9.17) is 56.8 Å². The molecule has 1 rings (SSSR count). The summed E-state index contributed by atoms with van der Waals surface area (Å²) < 4.78 is 64.8. The summed E-state index contributed by atoms with van der Waals surface area (Å²) in [5, 5.41) is 5.49.